The topological polar surface area (TPSA) is 55.6 Å². The molecule has 0 aliphatic carbocycles. The maximum absolute atomic E-state index is 11.5. The van der Waals surface area contributed by atoms with E-state index >= 15 is 0 Å². The molecule has 0 saturated carbocycles. The molecule has 16 heavy (non-hydrogen) atoms. The zero-order chi connectivity index (χ0) is 12.0. The number of rotatable bonds is 5. The molecule has 0 aromatic heterocycles. The second-order valence-electron chi connectivity index (χ2n) is 3.48. The number of anilines is 1. The van der Waals surface area contributed by atoms with E-state index in [-0.39, 0.29) is 5.91 Å². The number of carbonyl (C=O) groups is 1. The van der Waals surface area contributed by atoms with Crippen LogP contribution in [0.5, 0.6) is 5.75 Å². The summed E-state index contributed by atoms with van der Waals surface area (Å²) in [6.07, 6.45) is 0.775. The van der Waals surface area contributed by atoms with Gasteiger partial charge in [-0.15, -0.1) is 0 Å². The lowest BCUT2D eigenvalue weighted by atomic mass is 10.2. The van der Waals surface area contributed by atoms with Crippen LogP contribution < -0.4 is 15.4 Å². The number of nitrogens with zero attached hydrogens (tertiary/aromatic N) is 1. The van der Waals surface area contributed by atoms with E-state index in [1.54, 1.807) is 18.9 Å². The molecule has 4 nitrogen and oxygen atoms in total. The first-order valence-corrected chi connectivity index (χ1v) is 5.32. The zero-order valence-electron chi connectivity index (χ0n) is 9.77. The van der Waals surface area contributed by atoms with Gasteiger partial charge in [0.2, 0.25) is 5.91 Å². The fraction of sp³-hybridized carbons (Fsp3) is 0.417. The Hall–Kier alpha value is -1.55. The van der Waals surface area contributed by atoms with Crippen LogP contribution in [0.15, 0.2) is 24.3 Å². The Balaban J connectivity index is 2.95. The van der Waals surface area contributed by atoms with Crippen LogP contribution in [0.3, 0.4) is 0 Å². The summed E-state index contributed by atoms with van der Waals surface area (Å²) in [5.74, 6) is 0.702. The third-order valence-corrected chi connectivity index (χ3v) is 2.34. The Morgan fingerprint density at radius 1 is 1.44 bits per heavy atom. The molecule has 0 unspecified atom stereocenters. The van der Waals surface area contributed by atoms with Crippen LogP contribution >= 0.6 is 0 Å². The average molecular weight is 222 g/mol. The van der Waals surface area contributed by atoms with Crippen molar-refractivity contribution in [1.29, 1.82) is 0 Å². The SMILES string of the molecule is COc1ccccc1N(CCCN)C(C)=O. The summed E-state index contributed by atoms with van der Waals surface area (Å²) >= 11 is 0. The smallest absolute Gasteiger partial charge is 0.223 e. The summed E-state index contributed by atoms with van der Waals surface area (Å²) in [5.41, 5.74) is 6.25. The molecule has 0 spiro atoms. The molecule has 0 atom stereocenters. The normalized spacial score (nSPS) is 9.94. The van der Waals surface area contributed by atoms with E-state index in [1.165, 1.54) is 0 Å². The van der Waals surface area contributed by atoms with Gasteiger partial charge in [-0.2, -0.15) is 0 Å². The van der Waals surface area contributed by atoms with E-state index in [0.29, 0.717) is 18.8 Å². The van der Waals surface area contributed by atoms with Crippen LogP contribution in [0.4, 0.5) is 5.69 Å². The summed E-state index contributed by atoms with van der Waals surface area (Å²) in [6.45, 7) is 2.73. The van der Waals surface area contributed by atoms with Crippen LogP contribution in [0.2, 0.25) is 0 Å². The molecule has 0 radical (unpaired) electrons. The van der Waals surface area contributed by atoms with Gasteiger partial charge in [-0.25, -0.2) is 0 Å². The van der Waals surface area contributed by atoms with Gasteiger partial charge in [0.15, 0.2) is 0 Å². The van der Waals surface area contributed by atoms with Gasteiger partial charge in [0.05, 0.1) is 12.8 Å². The van der Waals surface area contributed by atoms with Crippen molar-refractivity contribution in [3.05, 3.63) is 24.3 Å². The highest BCUT2D eigenvalue weighted by Crippen LogP contribution is 2.27. The van der Waals surface area contributed by atoms with Gasteiger partial charge in [0.1, 0.15) is 5.75 Å². The molecule has 1 aromatic carbocycles. The van der Waals surface area contributed by atoms with Crippen LogP contribution in [0.1, 0.15) is 13.3 Å². The van der Waals surface area contributed by atoms with Crippen molar-refractivity contribution in [2.75, 3.05) is 25.1 Å². The summed E-state index contributed by atoms with van der Waals surface area (Å²) in [7, 11) is 1.60. The van der Waals surface area contributed by atoms with E-state index in [0.717, 1.165) is 12.1 Å². The minimum Gasteiger partial charge on any atom is -0.495 e. The molecule has 0 saturated heterocycles. The molecule has 0 fully saturated rings. The van der Waals surface area contributed by atoms with Crippen molar-refractivity contribution < 1.29 is 9.53 Å². The van der Waals surface area contributed by atoms with Crippen LogP contribution in [-0.4, -0.2) is 26.1 Å². The first-order valence-electron chi connectivity index (χ1n) is 5.32. The maximum Gasteiger partial charge on any atom is 0.223 e. The third kappa shape index (κ3) is 2.97. The van der Waals surface area contributed by atoms with Crippen molar-refractivity contribution in [3.8, 4) is 5.75 Å². The summed E-state index contributed by atoms with van der Waals surface area (Å²) in [6, 6.07) is 7.48. The molecule has 0 heterocycles. The number of ether oxygens (including phenoxy) is 1. The molecule has 1 amide bonds. The lowest BCUT2D eigenvalue weighted by Gasteiger charge is -2.22. The maximum atomic E-state index is 11.5. The number of hydrogen-bond donors (Lipinski definition) is 1. The van der Waals surface area contributed by atoms with E-state index in [2.05, 4.69) is 0 Å². The Morgan fingerprint density at radius 2 is 2.12 bits per heavy atom. The lowest BCUT2D eigenvalue weighted by Crippen LogP contribution is -2.31. The largest absolute Gasteiger partial charge is 0.495 e. The van der Waals surface area contributed by atoms with Crippen LogP contribution in [0.25, 0.3) is 0 Å². The lowest BCUT2D eigenvalue weighted by molar-refractivity contribution is -0.116. The fourth-order valence-corrected chi connectivity index (χ4v) is 1.55. The van der Waals surface area contributed by atoms with E-state index in [9.17, 15) is 4.79 Å². The average Bonchev–Trinajstić information content (AvgIpc) is 2.29. The van der Waals surface area contributed by atoms with E-state index < -0.39 is 0 Å². The zero-order valence-corrected chi connectivity index (χ0v) is 9.77. The standard InChI is InChI=1S/C12H18N2O2/c1-10(15)14(9-5-8-13)11-6-3-4-7-12(11)16-2/h3-4,6-7H,5,8-9,13H2,1-2H3. The third-order valence-electron chi connectivity index (χ3n) is 2.34. The van der Waals surface area contributed by atoms with Crippen molar-refractivity contribution in [3.63, 3.8) is 0 Å². The number of methoxy groups -OCH3 is 1. The Kier molecular flexibility index (Phi) is 4.79. The van der Waals surface area contributed by atoms with Gasteiger partial charge in [-0.3, -0.25) is 4.79 Å². The van der Waals surface area contributed by atoms with Crippen LogP contribution in [0, 0.1) is 0 Å². The Bertz CT molecular complexity index is 353. The number of amides is 1. The van der Waals surface area contributed by atoms with Gasteiger partial charge < -0.3 is 15.4 Å². The van der Waals surface area contributed by atoms with Gasteiger partial charge in [0, 0.05) is 13.5 Å². The molecule has 1 aromatic rings. The molecule has 2 N–H and O–H groups in total. The quantitative estimate of drug-likeness (QED) is 0.819. The molecule has 0 aliphatic rings. The first-order chi connectivity index (χ1) is 7.70. The Morgan fingerprint density at radius 3 is 2.69 bits per heavy atom. The van der Waals surface area contributed by atoms with Crippen LogP contribution in [-0.2, 0) is 4.79 Å². The van der Waals surface area contributed by atoms with Gasteiger partial charge in [0.25, 0.3) is 0 Å². The number of hydrogen-bond acceptors (Lipinski definition) is 3. The highest BCUT2D eigenvalue weighted by molar-refractivity contribution is 5.93. The van der Waals surface area contributed by atoms with Crippen molar-refractivity contribution in [2.24, 2.45) is 5.73 Å². The van der Waals surface area contributed by atoms with E-state index in [4.69, 9.17) is 10.5 Å². The molecule has 88 valence electrons. The van der Waals surface area contributed by atoms with Gasteiger partial charge in [-0.1, -0.05) is 12.1 Å². The van der Waals surface area contributed by atoms with Gasteiger partial charge in [-0.05, 0) is 25.1 Å². The molecule has 0 bridgehead atoms. The first kappa shape index (κ1) is 12.5. The number of para-hydroxylation sites is 2. The molecule has 0 aliphatic heterocycles. The predicted molar refractivity (Wildman–Crippen MR) is 64.7 cm³/mol. The predicted octanol–water partition coefficient (Wildman–Crippen LogP) is 1.40. The monoisotopic (exact) mass is 222 g/mol. The van der Waals surface area contributed by atoms with Crippen molar-refractivity contribution in [1.82, 2.24) is 0 Å². The molecule has 1 rings (SSSR count). The number of benzene rings is 1. The molecule has 4 heteroatoms. The highest BCUT2D eigenvalue weighted by atomic mass is 16.5. The van der Waals surface area contributed by atoms with E-state index in [1.807, 2.05) is 24.3 Å². The van der Waals surface area contributed by atoms with Crippen molar-refractivity contribution >= 4 is 11.6 Å². The number of carbonyl (C=O) groups excluding carboxylic acids is 1. The minimum atomic E-state index is -0.00190. The minimum absolute atomic E-state index is 0.00190. The summed E-state index contributed by atoms with van der Waals surface area (Å²) in [5, 5.41) is 0. The second kappa shape index (κ2) is 6.12. The molecular formula is C12H18N2O2. The highest BCUT2D eigenvalue weighted by Gasteiger charge is 2.14. The number of nitrogens with two attached hydrogens (primary N) is 1. The molecular weight excluding hydrogens is 204 g/mol. The fourth-order valence-electron chi connectivity index (χ4n) is 1.55. The summed E-state index contributed by atoms with van der Waals surface area (Å²) in [4.78, 5) is 13.2. The Labute approximate surface area is 96.0 Å². The van der Waals surface area contributed by atoms with Gasteiger partial charge >= 0.3 is 0 Å². The van der Waals surface area contributed by atoms with Crippen molar-refractivity contribution in [2.45, 2.75) is 13.3 Å². The second-order valence-corrected chi connectivity index (χ2v) is 3.48. The summed E-state index contributed by atoms with van der Waals surface area (Å²) < 4.78 is 5.23.